The van der Waals surface area contributed by atoms with Crippen LogP contribution < -0.4 is 0 Å². The molecule has 0 spiro atoms. The number of hydrogen-bond donors (Lipinski definition) is 0. The van der Waals surface area contributed by atoms with E-state index in [2.05, 4.69) is 73.4 Å². The minimum absolute atomic E-state index is 0.326. The molecule has 0 aliphatic heterocycles. The molecule has 0 aliphatic rings. The molecule has 1 heterocycles. The minimum atomic E-state index is -2.88. The van der Waals surface area contributed by atoms with Crippen LogP contribution >= 0.6 is 0 Å². The van der Waals surface area contributed by atoms with Crippen molar-refractivity contribution in [3.63, 3.8) is 0 Å². The number of hydrogen-bond acceptors (Lipinski definition) is 4. The Hall–Kier alpha value is -0.753. The SMILES string of the molecule is CC(C)(C)O[Si](CCCc1ccccn1)(OC(C)(C)C)OC(C)(C)C. The zero-order chi connectivity index (χ0) is 19.4. The van der Waals surface area contributed by atoms with E-state index in [1.165, 1.54) is 0 Å². The topological polar surface area (TPSA) is 40.6 Å². The molecule has 0 amide bonds. The van der Waals surface area contributed by atoms with Crippen LogP contribution in [0.4, 0.5) is 0 Å². The molecular formula is C20H37NO3Si. The van der Waals surface area contributed by atoms with Crippen LogP contribution in [0, 0.1) is 0 Å². The standard InChI is InChI=1S/C20H37NO3Si/c1-18(2,3)22-25(23-19(4,5)6,24-20(7,8)9)16-12-14-17-13-10-11-15-21-17/h10-11,13,15H,12,14,16H2,1-9H3. The predicted octanol–water partition coefficient (Wildman–Crippen LogP) is 5.40. The van der Waals surface area contributed by atoms with Crippen molar-refractivity contribution in [1.82, 2.24) is 4.98 Å². The highest BCUT2D eigenvalue weighted by Crippen LogP contribution is 2.32. The zero-order valence-corrected chi connectivity index (χ0v) is 18.6. The number of aromatic nitrogens is 1. The number of nitrogens with zero attached hydrogens (tertiary/aromatic N) is 1. The van der Waals surface area contributed by atoms with Crippen molar-refractivity contribution in [3.05, 3.63) is 30.1 Å². The molecule has 0 fully saturated rings. The fraction of sp³-hybridized carbons (Fsp3) is 0.750. The van der Waals surface area contributed by atoms with Gasteiger partial charge in [0.1, 0.15) is 0 Å². The summed E-state index contributed by atoms with van der Waals surface area (Å²) in [6.07, 6.45) is 3.65. The van der Waals surface area contributed by atoms with E-state index in [4.69, 9.17) is 13.3 Å². The molecule has 5 heteroatoms. The fourth-order valence-electron chi connectivity index (χ4n) is 2.65. The first-order chi connectivity index (χ1) is 11.2. The van der Waals surface area contributed by atoms with Crippen LogP contribution in [0.5, 0.6) is 0 Å². The molecule has 1 aromatic rings. The van der Waals surface area contributed by atoms with Crippen LogP contribution in [-0.2, 0) is 19.7 Å². The highest BCUT2D eigenvalue weighted by atomic mass is 28.4. The lowest BCUT2D eigenvalue weighted by Gasteiger charge is -2.43. The Morgan fingerprint density at radius 1 is 0.800 bits per heavy atom. The van der Waals surface area contributed by atoms with Crippen molar-refractivity contribution < 1.29 is 13.3 Å². The van der Waals surface area contributed by atoms with Gasteiger partial charge in [-0.2, -0.15) is 0 Å². The summed E-state index contributed by atoms with van der Waals surface area (Å²) in [6.45, 7) is 18.5. The summed E-state index contributed by atoms with van der Waals surface area (Å²) in [7, 11) is -2.88. The molecule has 0 radical (unpaired) electrons. The zero-order valence-electron chi connectivity index (χ0n) is 17.6. The summed E-state index contributed by atoms with van der Waals surface area (Å²) < 4.78 is 19.5. The maximum Gasteiger partial charge on any atom is 0.502 e. The lowest BCUT2D eigenvalue weighted by molar-refractivity contribution is -0.0754. The van der Waals surface area contributed by atoms with E-state index in [0.29, 0.717) is 0 Å². The minimum Gasteiger partial charge on any atom is -0.368 e. The van der Waals surface area contributed by atoms with E-state index in [9.17, 15) is 0 Å². The van der Waals surface area contributed by atoms with Gasteiger partial charge in [-0.05, 0) is 87.3 Å². The predicted molar refractivity (Wildman–Crippen MR) is 106 cm³/mol. The Labute approximate surface area is 155 Å². The second kappa shape index (κ2) is 8.29. The molecule has 0 saturated heterocycles. The van der Waals surface area contributed by atoms with E-state index in [1.807, 2.05) is 18.3 Å². The first kappa shape index (κ1) is 22.3. The summed E-state index contributed by atoms with van der Waals surface area (Å²) in [4.78, 5) is 4.42. The molecule has 0 saturated carbocycles. The van der Waals surface area contributed by atoms with E-state index >= 15 is 0 Å². The molecule has 25 heavy (non-hydrogen) atoms. The average molecular weight is 368 g/mol. The van der Waals surface area contributed by atoms with Gasteiger partial charge in [-0.1, -0.05) is 6.07 Å². The first-order valence-electron chi connectivity index (χ1n) is 9.20. The second-order valence-electron chi connectivity index (χ2n) is 9.50. The van der Waals surface area contributed by atoms with Crippen LogP contribution in [0.2, 0.25) is 6.04 Å². The summed E-state index contributed by atoms with van der Waals surface area (Å²) in [5, 5.41) is 0. The van der Waals surface area contributed by atoms with Gasteiger partial charge in [0.2, 0.25) is 0 Å². The van der Waals surface area contributed by atoms with Gasteiger partial charge >= 0.3 is 8.80 Å². The highest BCUT2D eigenvalue weighted by molar-refractivity contribution is 6.61. The lowest BCUT2D eigenvalue weighted by Crippen LogP contribution is -2.57. The molecule has 0 aliphatic carbocycles. The Balaban J connectivity index is 2.99. The summed E-state index contributed by atoms with van der Waals surface area (Å²) in [5.41, 5.74) is 0.113. The summed E-state index contributed by atoms with van der Waals surface area (Å²) in [6, 6.07) is 6.80. The molecule has 1 rings (SSSR count). The second-order valence-corrected chi connectivity index (χ2v) is 12.0. The Morgan fingerprint density at radius 2 is 1.28 bits per heavy atom. The monoisotopic (exact) mass is 367 g/mol. The number of aryl methyl sites for hydroxylation is 1. The maximum atomic E-state index is 6.49. The van der Waals surface area contributed by atoms with E-state index in [0.717, 1.165) is 24.6 Å². The lowest BCUT2D eigenvalue weighted by atomic mass is 10.2. The van der Waals surface area contributed by atoms with E-state index in [-0.39, 0.29) is 16.8 Å². The van der Waals surface area contributed by atoms with Gasteiger partial charge in [0.05, 0.1) is 16.8 Å². The summed E-state index contributed by atoms with van der Waals surface area (Å²) >= 11 is 0. The van der Waals surface area contributed by atoms with Crippen LogP contribution in [0.15, 0.2) is 24.4 Å². The molecule has 0 atom stereocenters. The van der Waals surface area contributed by atoms with Crippen molar-refractivity contribution in [2.24, 2.45) is 0 Å². The third-order valence-electron chi connectivity index (χ3n) is 3.03. The van der Waals surface area contributed by atoms with Gasteiger partial charge in [0.15, 0.2) is 0 Å². The average Bonchev–Trinajstić information content (AvgIpc) is 2.33. The maximum absolute atomic E-state index is 6.49. The fourth-order valence-corrected chi connectivity index (χ4v) is 6.49. The van der Waals surface area contributed by atoms with Crippen molar-refractivity contribution in [3.8, 4) is 0 Å². The quantitative estimate of drug-likeness (QED) is 0.605. The Bertz CT molecular complexity index is 472. The molecule has 0 unspecified atom stereocenters. The van der Waals surface area contributed by atoms with Crippen molar-refractivity contribution in [2.75, 3.05) is 0 Å². The van der Waals surface area contributed by atoms with Gasteiger partial charge < -0.3 is 13.3 Å². The molecule has 0 bridgehead atoms. The van der Waals surface area contributed by atoms with Gasteiger partial charge in [0.25, 0.3) is 0 Å². The molecule has 0 aromatic carbocycles. The van der Waals surface area contributed by atoms with Gasteiger partial charge in [0, 0.05) is 17.9 Å². The van der Waals surface area contributed by atoms with Crippen LogP contribution in [-0.4, -0.2) is 30.6 Å². The van der Waals surface area contributed by atoms with Gasteiger partial charge in [-0.25, -0.2) is 0 Å². The van der Waals surface area contributed by atoms with Gasteiger partial charge in [-0.15, -0.1) is 0 Å². The Kier molecular flexibility index (Phi) is 7.39. The summed E-state index contributed by atoms with van der Waals surface area (Å²) in [5.74, 6) is 0. The first-order valence-corrected chi connectivity index (χ1v) is 11.1. The number of pyridine rings is 1. The number of rotatable bonds is 7. The van der Waals surface area contributed by atoms with Crippen molar-refractivity contribution in [1.29, 1.82) is 0 Å². The van der Waals surface area contributed by atoms with E-state index < -0.39 is 8.80 Å². The molecule has 4 nitrogen and oxygen atoms in total. The largest absolute Gasteiger partial charge is 0.502 e. The van der Waals surface area contributed by atoms with Crippen LogP contribution in [0.25, 0.3) is 0 Å². The van der Waals surface area contributed by atoms with Crippen LogP contribution in [0.1, 0.15) is 74.4 Å². The molecule has 0 N–H and O–H groups in total. The highest BCUT2D eigenvalue weighted by Gasteiger charge is 2.49. The van der Waals surface area contributed by atoms with Crippen LogP contribution in [0.3, 0.4) is 0 Å². The van der Waals surface area contributed by atoms with Crippen molar-refractivity contribution >= 4 is 8.80 Å². The Morgan fingerprint density at radius 3 is 1.64 bits per heavy atom. The molecular weight excluding hydrogens is 330 g/mol. The normalized spacial score (nSPS) is 14.0. The smallest absolute Gasteiger partial charge is 0.368 e. The third kappa shape index (κ3) is 10.1. The van der Waals surface area contributed by atoms with E-state index in [1.54, 1.807) is 0 Å². The third-order valence-corrected chi connectivity index (χ3v) is 6.76. The van der Waals surface area contributed by atoms with Gasteiger partial charge in [-0.3, -0.25) is 4.98 Å². The van der Waals surface area contributed by atoms with Crippen molar-refractivity contribution in [2.45, 2.75) is 98.0 Å². The molecule has 1 aromatic heterocycles. The molecule has 144 valence electrons.